The highest BCUT2D eigenvalue weighted by Gasteiger charge is 2.32. The maximum Gasteiger partial charge on any atom is 0.266 e. The molecule has 2 atom stereocenters. The standard InChI is InChI=1S/C27H33F3O2/c1-3-31-21-11-8-19(9-12-21)24-15-10-20(16-32-24)23-14-13-22(25(26(23)28)27(29)30)18-6-4-17(2)5-7-18/h8-9,11-14,17-18,20,24,27H,3-7,10,15-16H2,1-2H3. The molecule has 1 aliphatic heterocycles. The minimum Gasteiger partial charge on any atom is -0.494 e. The molecule has 0 bridgehead atoms. The molecule has 174 valence electrons. The summed E-state index contributed by atoms with van der Waals surface area (Å²) in [6.07, 6.45) is 2.31. The number of benzene rings is 2. The van der Waals surface area contributed by atoms with E-state index in [4.69, 9.17) is 9.47 Å². The van der Waals surface area contributed by atoms with Crippen LogP contribution in [0.15, 0.2) is 36.4 Å². The van der Waals surface area contributed by atoms with Gasteiger partial charge in [0.25, 0.3) is 6.43 Å². The molecule has 2 nitrogen and oxygen atoms in total. The summed E-state index contributed by atoms with van der Waals surface area (Å²) in [5.74, 6) is 0.550. The highest BCUT2D eigenvalue weighted by Crippen LogP contribution is 2.43. The van der Waals surface area contributed by atoms with E-state index < -0.39 is 12.2 Å². The number of hydrogen-bond acceptors (Lipinski definition) is 2. The Balaban J connectivity index is 1.48. The summed E-state index contributed by atoms with van der Waals surface area (Å²) in [5.41, 5.74) is 1.56. The highest BCUT2D eigenvalue weighted by atomic mass is 19.3. The minimum absolute atomic E-state index is 0.0328. The molecule has 0 aromatic heterocycles. The third-order valence-corrected chi connectivity index (χ3v) is 7.20. The van der Waals surface area contributed by atoms with Crippen LogP contribution in [0, 0.1) is 11.7 Å². The van der Waals surface area contributed by atoms with Crippen LogP contribution < -0.4 is 4.74 Å². The summed E-state index contributed by atoms with van der Waals surface area (Å²) in [6.45, 7) is 5.08. The van der Waals surface area contributed by atoms with Crippen molar-refractivity contribution in [3.05, 3.63) is 64.5 Å². The van der Waals surface area contributed by atoms with Crippen LogP contribution >= 0.6 is 0 Å². The lowest BCUT2D eigenvalue weighted by molar-refractivity contribution is 0.00155. The van der Waals surface area contributed by atoms with Crippen LogP contribution in [0.1, 0.15) is 99.0 Å². The second-order valence-corrected chi connectivity index (χ2v) is 9.33. The Morgan fingerprint density at radius 1 is 0.906 bits per heavy atom. The fourth-order valence-electron chi connectivity index (χ4n) is 5.29. The van der Waals surface area contributed by atoms with Crippen molar-refractivity contribution in [1.82, 2.24) is 0 Å². The van der Waals surface area contributed by atoms with Crippen LogP contribution in [0.2, 0.25) is 0 Å². The van der Waals surface area contributed by atoms with Crippen molar-refractivity contribution in [2.75, 3.05) is 13.2 Å². The normalized spacial score (nSPS) is 26.3. The van der Waals surface area contributed by atoms with Gasteiger partial charge in [0.1, 0.15) is 11.6 Å². The van der Waals surface area contributed by atoms with E-state index >= 15 is 4.39 Å². The Morgan fingerprint density at radius 3 is 2.16 bits per heavy atom. The van der Waals surface area contributed by atoms with E-state index in [0.29, 0.717) is 36.7 Å². The van der Waals surface area contributed by atoms with Crippen LogP contribution in [-0.4, -0.2) is 13.2 Å². The molecule has 2 aromatic rings. The third kappa shape index (κ3) is 4.98. The summed E-state index contributed by atoms with van der Waals surface area (Å²) in [7, 11) is 0. The Morgan fingerprint density at radius 2 is 1.56 bits per heavy atom. The Bertz CT molecular complexity index is 881. The van der Waals surface area contributed by atoms with Crippen LogP contribution in [0.4, 0.5) is 13.2 Å². The first kappa shape index (κ1) is 23.2. The molecule has 1 saturated carbocycles. The van der Waals surface area contributed by atoms with Gasteiger partial charge in [0.05, 0.1) is 24.9 Å². The van der Waals surface area contributed by atoms with E-state index in [1.807, 2.05) is 31.2 Å². The van der Waals surface area contributed by atoms with Crippen molar-refractivity contribution < 1.29 is 22.6 Å². The van der Waals surface area contributed by atoms with Gasteiger partial charge >= 0.3 is 0 Å². The molecule has 2 fully saturated rings. The zero-order valence-corrected chi connectivity index (χ0v) is 19.0. The lowest BCUT2D eigenvalue weighted by atomic mass is 9.77. The molecule has 0 spiro atoms. The zero-order valence-electron chi connectivity index (χ0n) is 19.0. The van der Waals surface area contributed by atoms with Crippen molar-refractivity contribution in [3.63, 3.8) is 0 Å². The molecule has 2 aromatic carbocycles. The van der Waals surface area contributed by atoms with Crippen molar-refractivity contribution in [2.24, 2.45) is 5.92 Å². The Labute approximate surface area is 189 Å². The topological polar surface area (TPSA) is 18.5 Å². The first-order chi connectivity index (χ1) is 15.5. The molecule has 4 rings (SSSR count). The van der Waals surface area contributed by atoms with Crippen molar-refractivity contribution in [3.8, 4) is 5.75 Å². The minimum atomic E-state index is -2.80. The Hall–Kier alpha value is -2.01. The van der Waals surface area contributed by atoms with E-state index in [9.17, 15) is 8.78 Å². The van der Waals surface area contributed by atoms with Crippen LogP contribution in [0.25, 0.3) is 0 Å². The summed E-state index contributed by atoms with van der Waals surface area (Å²) in [5, 5.41) is 0. The van der Waals surface area contributed by atoms with Crippen LogP contribution in [0.5, 0.6) is 5.75 Å². The van der Waals surface area contributed by atoms with Gasteiger partial charge in [0, 0.05) is 5.92 Å². The first-order valence-electron chi connectivity index (χ1n) is 11.9. The summed E-state index contributed by atoms with van der Waals surface area (Å²) in [6, 6.07) is 11.3. The lowest BCUT2D eigenvalue weighted by Gasteiger charge is -2.32. The lowest BCUT2D eigenvalue weighted by Crippen LogP contribution is -2.21. The molecule has 2 unspecified atom stereocenters. The summed E-state index contributed by atoms with van der Waals surface area (Å²) >= 11 is 0. The van der Waals surface area contributed by atoms with Crippen LogP contribution in [-0.2, 0) is 4.74 Å². The fourth-order valence-corrected chi connectivity index (χ4v) is 5.29. The molecule has 0 radical (unpaired) electrons. The maximum atomic E-state index is 15.4. The average molecular weight is 447 g/mol. The monoisotopic (exact) mass is 446 g/mol. The zero-order chi connectivity index (χ0) is 22.7. The maximum absolute atomic E-state index is 15.4. The SMILES string of the molecule is CCOc1ccc(C2CCC(c3ccc(C4CCC(C)CC4)c(C(F)F)c3F)CO2)cc1. The van der Waals surface area contributed by atoms with Gasteiger partial charge in [0.2, 0.25) is 0 Å². The van der Waals surface area contributed by atoms with Gasteiger partial charge in [-0.05, 0) is 73.3 Å². The van der Waals surface area contributed by atoms with Crippen molar-refractivity contribution in [1.29, 1.82) is 0 Å². The molecule has 0 N–H and O–H groups in total. The predicted molar refractivity (Wildman–Crippen MR) is 120 cm³/mol. The van der Waals surface area contributed by atoms with E-state index in [1.165, 1.54) is 0 Å². The number of ether oxygens (including phenoxy) is 2. The van der Waals surface area contributed by atoms with Gasteiger partial charge in [-0.15, -0.1) is 0 Å². The number of rotatable bonds is 6. The van der Waals surface area contributed by atoms with Crippen LogP contribution in [0.3, 0.4) is 0 Å². The van der Waals surface area contributed by atoms with Gasteiger partial charge in [0.15, 0.2) is 0 Å². The molecular formula is C27H33F3O2. The second-order valence-electron chi connectivity index (χ2n) is 9.33. The summed E-state index contributed by atoms with van der Waals surface area (Å²) < 4.78 is 54.8. The van der Waals surface area contributed by atoms with Gasteiger partial charge in [-0.3, -0.25) is 0 Å². The molecular weight excluding hydrogens is 413 g/mol. The Kier molecular flexibility index (Phi) is 7.44. The second kappa shape index (κ2) is 10.3. The molecule has 0 amide bonds. The molecule has 1 saturated heterocycles. The highest BCUT2D eigenvalue weighted by molar-refractivity contribution is 5.39. The van der Waals surface area contributed by atoms with E-state index in [1.54, 1.807) is 12.1 Å². The van der Waals surface area contributed by atoms with E-state index in [0.717, 1.165) is 43.4 Å². The molecule has 1 heterocycles. The van der Waals surface area contributed by atoms with Crippen molar-refractivity contribution >= 4 is 0 Å². The van der Waals surface area contributed by atoms with Gasteiger partial charge in [-0.1, -0.05) is 44.0 Å². The van der Waals surface area contributed by atoms with E-state index in [-0.39, 0.29) is 23.5 Å². The molecule has 32 heavy (non-hydrogen) atoms. The average Bonchev–Trinajstić information content (AvgIpc) is 2.80. The fraction of sp³-hybridized carbons (Fsp3) is 0.556. The molecule has 2 aliphatic rings. The van der Waals surface area contributed by atoms with E-state index in [2.05, 4.69) is 6.92 Å². The largest absolute Gasteiger partial charge is 0.494 e. The quantitative estimate of drug-likeness (QED) is 0.446. The molecule has 1 aliphatic carbocycles. The smallest absolute Gasteiger partial charge is 0.266 e. The predicted octanol–water partition coefficient (Wildman–Crippen LogP) is 8.09. The number of alkyl halides is 2. The van der Waals surface area contributed by atoms with Gasteiger partial charge in [-0.25, -0.2) is 13.2 Å². The van der Waals surface area contributed by atoms with Gasteiger partial charge < -0.3 is 9.47 Å². The summed E-state index contributed by atoms with van der Waals surface area (Å²) in [4.78, 5) is 0. The first-order valence-corrected chi connectivity index (χ1v) is 11.9. The number of halogens is 3. The van der Waals surface area contributed by atoms with Crippen molar-refractivity contribution in [2.45, 2.75) is 76.7 Å². The molecule has 5 heteroatoms. The number of hydrogen-bond donors (Lipinski definition) is 0. The van der Waals surface area contributed by atoms with Gasteiger partial charge in [-0.2, -0.15) is 0 Å². The third-order valence-electron chi connectivity index (χ3n) is 7.20.